The number of hydrogen-bond acceptors (Lipinski definition) is 4. The standard InChI is InChI=1S/C22H30N2O4/c1-15(13-19(25)26)24-21(28)18-4-2-3-17(14-18)20(27)16-5-7-22(8-6-16)9-11-23-12-10-22/h2-4,14-16,23H,5-13H2,1H3,(H,24,28)(H,25,26). The van der Waals surface area contributed by atoms with Crippen LogP contribution in [0, 0.1) is 11.3 Å². The molecule has 1 spiro atoms. The number of ketones is 1. The van der Waals surface area contributed by atoms with Crippen LogP contribution in [0.3, 0.4) is 0 Å². The fourth-order valence-corrected chi connectivity index (χ4v) is 4.62. The van der Waals surface area contributed by atoms with Crippen LogP contribution in [0.4, 0.5) is 0 Å². The molecule has 1 heterocycles. The quantitative estimate of drug-likeness (QED) is 0.653. The highest BCUT2D eigenvalue weighted by Crippen LogP contribution is 2.45. The smallest absolute Gasteiger partial charge is 0.305 e. The Labute approximate surface area is 166 Å². The minimum absolute atomic E-state index is 0.0322. The van der Waals surface area contributed by atoms with E-state index in [1.807, 2.05) is 0 Å². The maximum atomic E-state index is 13.0. The Bertz CT molecular complexity index is 730. The lowest BCUT2D eigenvalue weighted by molar-refractivity contribution is -0.137. The number of carboxylic acids is 1. The van der Waals surface area contributed by atoms with E-state index in [-0.39, 0.29) is 24.0 Å². The normalized spacial score (nSPS) is 20.5. The molecule has 6 heteroatoms. The molecule has 1 aromatic rings. The molecular weight excluding hydrogens is 356 g/mol. The number of nitrogens with one attached hydrogen (secondary N) is 2. The molecule has 0 bridgehead atoms. The second-order valence-electron chi connectivity index (χ2n) is 8.44. The third-order valence-electron chi connectivity index (χ3n) is 6.35. The van der Waals surface area contributed by atoms with Crippen molar-refractivity contribution < 1.29 is 19.5 Å². The van der Waals surface area contributed by atoms with E-state index >= 15 is 0 Å². The topological polar surface area (TPSA) is 95.5 Å². The van der Waals surface area contributed by atoms with Crippen molar-refractivity contribution in [3.63, 3.8) is 0 Å². The SMILES string of the molecule is CC(CC(=O)O)NC(=O)c1cccc(C(=O)C2CCC3(CCNCC3)CC2)c1. The maximum absolute atomic E-state index is 13.0. The van der Waals surface area contributed by atoms with Gasteiger partial charge in [0, 0.05) is 23.1 Å². The molecule has 2 aliphatic rings. The summed E-state index contributed by atoms with van der Waals surface area (Å²) in [4.78, 5) is 36.1. The van der Waals surface area contributed by atoms with E-state index in [1.165, 1.54) is 12.8 Å². The van der Waals surface area contributed by atoms with Crippen molar-refractivity contribution in [2.45, 2.75) is 57.9 Å². The molecule has 1 saturated carbocycles. The molecular formula is C22H30N2O4. The van der Waals surface area contributed by atoms with Gasteiger partial charge in [-0.2, -0.15) is 0 Å². The minimum Gasteiger partial charge on any atom is -0.481 e. The van der Waals surface area contributed by atoms with Gasteiger partial charge in [-0.25, -0.2) is 0 Å². The first-order valence-corrected chi connectivity index (χ1v) is 10.3. The summed E-state index contributed by atoms with van der Waals surface area (Å²) in [5.41, 5.74) is 1.39. The Hall–Kier alpha value is -2.21. The zero-order valence-electron chi connectivity index (χ0n) is 16.5. The minimum atomic E-state index is -0.958. The van der Waals surface area contributed by atoms with Gasteiger partial charge in [0.15, 0.2) is 5.78 Å². The number of carbonyl (C=O) groups is 3. The summed E-state index contributed by atoms with van der Waals surface area (Å²) in [7, 11) is 0. The van der Waals surface area contributed by atoms with Crippen LogP contribution < -0.4 is 10.6 Å². The van der Waals surface area contributed by atoms with Crippen LogP contribution in [0.15, 0.2) is 24.3 Å². The summed E-state index contributed by atoms with van der Waals surface area (Å²) in [6.07, 6.45) is 6.34. The van der Waals surface area contributed by atoms with Gasteiger partial charge in [0.25, 0.3) is 5.91 Å². The summed E-state index contributed by atoms with van der Waals surface area (Å²) in [6.45, 7) is 3.81. The summed E-state index contributed by atoms with van der Waals surface area (Å²) >= 11 is 0. The van der Waals surface area contributed by atoms with Crippen molar-refractivity contribution in [2.24, 2.45) is 11.3 Å². The van der Waals surface area contributed by atoms with E-state index in [4.69, 9.17) is 5.11 Å². The van der Waals surface area contributed by atoms with Gasteiger partial charge in [0.05, 0.1) is 6.42 Å². The second-order valence-corrected chi connectivity index (χ2v) is 8.44. The molecule has 6 nitrogen and oxygen atoms in total. The van der Waals surface area contributed by atoms with Crippen molar-refractivity contribution in [3.8, 4) is 0 Å². The number of piperidine rings is 1. The van der Waals surface area contributed by atoms with Crippen LogP contribution in [0.1, 0.15) is 72.6 Å². The van der Waals surface area contributed by atoms with Crippen LogP contribution in [0.25, 0.3) is 0 Å². The van der Waals surface area contributed by atoms with Crippen molar-refractivity contribution in [1.82, 2.24) is 10.6 Å². The van der Waals surface area contributed by atoms with Crippen molar-refractivity contribution in [2.75, 3.05) is 13.1 Å². The molecule has 1 aliphatic heterocycles. The van der Waals surface area contributed by atoms with Gasteiger partial charge in [0.2, 0.25) is 0 Å². The van der Waals surface area contributed by atoms with Gasteiger partial charge < -0.3 is 15.7 Å². The highest BCUT2D eigenvalue weighted by atomic mass is 16.4. The second kappa shape index (κ2) is 8.86. The highest BCUT2D eigenvalue weighted by molar-refractivity contribution is 6.01. The Morgan fingerprint density at radius 3 is 2.43 bits per heavy atom. The van der Waals surface area contributed by atoms with Gasteiger partial charge in [-0.05, 0) is 76.1 Å². The van der Waals surface area contributed by atoms with Crippen LogP contribution in [-0.2, 0) is 4.79 Å². The van der Waals surface area contributed by atoms with Crippen molar-refractivity contribution in [1.29, 1.82) is 0 Å². The number of hydrogen-bond donors (Lipinski definition) is 3. The number of benzene rings is 1. The zero-order chi connectivity index (χ0) is 20.1. The molecule has 2 fully saturated rings. The first-order valence-electron chi connectivity index (χ1n) is 10.3. The lowest BCUT2D eigenvalue weighted by Crippen LogP contribution is -2.40. The largest absolute Gasteiger partial charge is 0.481 e. The average Bonchev–Trinajstić information content (AvgIpc) is 2.68. The van der Waals surface area contributed by atoms with E-state index < -0.39 is 12.0 Å². The molecule has 0 aromatic heterocycles. The van der Waals surface area contributed by atoms with Gasteiger partial charge in [0.1, 0.15) is 0 Å². The molecule has 3 N–H and O–H groups in total. The monoisotopic (exact) mass is 386 g/mol. The number of Topliss-reactive ketones (excluding diaryl/α,β-unsaturated/α-hetero) is 1. The zero-order valence-corrected chi connectivity index (χ0v) is 16.5. The van der Waals surface area contributed by atoms with Gasteiger partial charge in [-0.3, -0.25) is 14.4 Å². The Morgan fingerprint density at radius 1 is 1.14 bits per heavy atom. The molecule has 1 atom stereocenters. The Balaban J connectivity index is 1.61. The van der Waals surface area contributed by atoms with Crippen LogP contribution in [0.5, 0.6) is 0 Å². The summed E-state index contributed by atoms with van der Waals surface area (Å²) in [5, 5.41) is 14.9. The third-order valence-corrected chi connectivity index (χ3v) is 6.35. The molecule has 3 rings (SSSR count). The molecule has 28 heavy (non-hydrogen) atoms. The fourth-order valence-electron chi connectivity index (χ4n) is 4.62. The number of amides is 1. The number of aliphatic carboxylic acids is 1. The first-order chi connectivity index (χ1) is 13.4. The Morgan fingerprint density at radius 2 is 1.79 bits per heavy atom. The van der Waals surface area contributed by atoms with Gasteiger partial charge in [-0.1, -0.05) is 12.1 Å². The number of carbonyl (C=O) groups excluding carboxylic acids is 2. The number of rotatable bonds is 6. The third kappa shape index (κ3) is 4.98. The van der Waals surface area contributed by atoms with E-state index in [2.05, 4.69) is 10.6 Å². The molecule has 0 radical (unpaired) electrons. The van der Waals surface area contributed by atoms with Crippen molar-refractivity contribution in [3.05, 3.63) is 35.4 Å². The molecule has 1 amide bonds. The molecule has 152 valence electrons. The van der Waals surface area contributed by atoms with E-state index in [1.54, 1.807) is 31.2 Å². The highest BCUT2D eigenvalue weighted by Gasteiger charge is 2.38. The van der Waals surface area contributed by atoms with Crippen LogP contribution >= 0.6 is 0 Å². The summed E-state index contributed by atoms with van der Waals surface area (Å²) < 4.78 is 0. The maximum Gasteiger partial charge on any atom is 0.305 e. The predicted octanol–water partition coefficient (Wildman–Crippen LogP) is 3.02. The van der Waals surface area contributed by atoms with Crippen LogP contribution in [-0.4, -0.2) is 41.9 Å². The Kier molecular flexibility index (Phi) is 6.50. The lowest BCUT2D eigenvalue weighted by Gasteiger charge is -2.42. The molecule has 1 unspecified atom stereocenters. The molecule has 1 saturated heterocycles. The molecule has 1 aliphatic carbocycles. The van der Waals surface area contributed by atoms with Gasteiger partial charge in [-0.15, -0.1) is 0 Å². The predicted molar refractivity (Wildman–Crippen MR) is 106 cm³/mol. The van der Waals surface area contributed by atoms with E-state index in [0.29, 0.717) is 16.5 Å². The van der Waals surface area contributed by atoms with E-state index in [0.717, 1.165) is 38.8 Å². The van der Waals surface area contributed by atoms with Gasteiger partial charge >= 0.3 is 5.97 Å². The first kappa shape index (κ1) is 20.5. The fraction of sp³-hybridized carbons (Fsp3) is 0.591. The van der Waals surface area contributed by atoms with Crippen LogP contribution in [0.2, 0.25) is 0 Å². The summed E-state index contributed by atoms with van der Waals surface area (Å²) in [5.74, 6) is -1.15. The average molecular weight is 386 g/mol. The van der Waals surface area contributed by atoms with E-state index in [9.17, 15) is 14.4 Å². The van der Waals surface area contributed by atoms with Crippen molar-refractivity contribution >= 4 is 17.7 Å². The lowest BCUT2D eigenvalue weighted by atomic mass is 9.65. The summed E-state index contributed by atoms with van der Waals surface area (Å²) in [6, 6.07) is 6.32. The molecule has 1 aromatic carbocycles. The number of carboxylic acid groups (broad SMARTS) is 1.